The standard InChI is InChI=1S/C20H28N4O2/c1-20(2,3)26-19(25)23(4)13-15-9-11-24(12-10-15)18-16-7-5-6-8-17(16)21-14-22-18/h5-8,14-15H,9-13H2,1-4H3. The summed E-state index contributed by atoms with van der Waals surface area (Å²) in [6.07, 6.45) is 3.46. The van der Waals surface area contributed by atoms with Crippen LogP contribution in [0.15, 0.2) is 30.6 Å². The topological polar surface area (TPSA) is 58.6 Å². The maximum atomic E-state index is 12.1. The number of carbonyl (C=O) groups is 1. The number of anilines is 1. The summed E-state index contributed by atoms with van der Waals surface area (Å²) in [5, 5.41) is 1.10. The molecule has 2 aromatic rings. The van der Waals surface area contributed by atoms with E-state index in [-0.39, 0.29) is 6.09 Å². The van der Waals surface area contributed by atoms with Gasteiger partial charge in [0.2, 0.25) is 0 Å². The minimum absolute atomic E-state index is 0.248. The van der Waals surface area contributed by atoms with Crippen LogP contribution in [-0.2, 0) is 4.74 Å². The monoisotopic (exact) mass is 356 g/mol. The highest BCUT2D eigenvalue weighted by Crippen LogP contribution is 2.27. The zero-order valence-corrected chi connectivity index (χ0v) is 16.1. The molecule has 0 saturated carbocycles. The summed E-state index contributed by atoms with van der Waals surface area (Å²) in [5.41, 5.74) is 0.521. The van der Waals surface area contributed by atoms with Gasteiger partial charge in [-0.3, -0.25) is 0 Å². The van der Waals surface area contributed by atoms with Gasteiger partial charge in [0.05, 0.1) is 5.52 Å². The highest BCUT2D eigenvalue weighted by Gasteiger charge is 2.26. The number of hydrogen-bond acceptors (Lipinski definition) is 5. The van der Waals surface area contributed by atoms with Crippen molar-refractivity contribution in [3.05, 3.63) is 30.6 Å². The van der Waals surface area contributed by atoms with Gasteiger partial charge < -0.3 is 14.5 Å². The normalized spacial score (nSPS) is 15.9. The Morgan fingerprint density at radius 2 is 1.92 bits per heavy atom. The van der Waals surface area contributed by atoms with Crippen LogP contribution in [0.4, 0.5) is 10.6 Å². The van der Waals surface area contributed by atoms with E-state index in [9.17, 15) is 4.79 Å². The Bertz CT molecular complexity index is 758. The van der Waals surface area contributed by atoms with Crippen molar-refractivity contribution in [1.82, 2.24) is 14.9 Å². The lowest BCUT2D eigenvalue weighted by atomic mass is 9.96. The molecule has 6 heteroatoms. The SMILES string of the molecule is CN(CC1CCN(c2ncnc3ccccc23)CC1)C(=O)OC(C)(C)C. The Balaban J connectivity index is 1.58. The van der Waals surface area contributed by atoms with Crippen molar-refractivity contribution in [3.63, 3.8) is 0 Å². The summed E-state index contributed by atoms with van der Waals surface area (Å²) in [4.78, 5) is 25.0. The second kappa shape index (κ2) is 7.48. The summed E-state index contributed by atoms with van der Waals surface area (Å²) in [5.74, 6) is 1.49. The first-order valence-corrected chi connectivity index (χ1v) is 9.22. The second-order valence-corrected chi connectivity index (χ2v) is 8.01. The number of ether oxygens (including phenoxy) is 1. The second-order valence-electron chi connectivity index (χ2n) is 8.01. The quantitative estimate of drug-likeness (QED) is 0.839. The molecule has 1 fully saturated rings. The number of fused-ring (bicyclic) bond motifs is 1. The van der Waals surface area contributed by atoms with Crippen LogP contribution < -0.4 is 4.90 Å². The van der Waals surface area contributed by atoms with Crippen LogP contribution in [0.3, 0.4) is 0 Å². The molecule has 26 heavy (non-hydrogen) atoms. The van der Waals surface area contributed by atoms with Gasteiger partial charge in [0.1, 0.15) is 17.7 Å². The maximum absolute atomic E-state index is 12.1. The van der Waals surface area contributed by atoms with E-state index in [0.29, 0.717) is 5.92 Å². The lowest BCUT2D eigenvalue weighted by Gasteiger charge is -2.35. The van der Waals surface area contributed by atoms with Crippen LogP contribution in [-0.4, -0.2) is 53.2 Å². The molecule has 0 N–H and O–H groups in total. The first-order chi connectivity index (χ1) is 12.3. The number of carbonyl (C=O) groups excluding carboxylic acids is 1. The predicted octanol–water partition coefficient (Wildman–Crippen LogP) is 3.71. The number of amides is 1. The van der Waals surface area contributed by atoms with E-state index < -0.39 is 5.60 Å². The van der Waals surface area contributed by atoms with Crippen LogP contribution in [0.1, 0.15) is 33.6 Å². The van der Waals surface area contributed by atoms with E-state index >= 15 is 0 Å². The van der Waals surface area contributed by atoms with Crippen LogP contribution in [0, 0.1) is 5.92 Å². The number of aromatic nitrogens is 2. The molecule has 0 radical (unpaired) electrons. The first kappa shape index (κ1) is 18.4. The summed E-state index contributed by atoms with van der Waals surface area (Å²) >= 11 is 0. The van der Waals surface area contributed by atoms with Crippen LogP contribution in [0.5, 0.6) is 0 Å². The third kappa shape index (κ3) is 4.42. The number of benzene rings is 1. The molecule has 0 unspecified atom stereocenters. The molecule has 1 aromatic carbocycles. The van der Waals surface area contributed by atoms with E-state index in [2.05, 4.69) is 20.9 Å². The lowest BCUT2D eigenvalue weighted by molar-refractivity contribution is 0.0266. The number of rotatable bonds is 3. The molecule has 0 bridgehead atoms. The van der Waals surface area contributed by atoms with Crippen LogP contribution >= 0.6 is 0 Å². The third-order valence-corrected chi connectivity index (χ3v) is 4.67. The Labute approximate surface area is 155 Å². The van der Waals surface area contributed by atoms with Gasteiger partial charge in [-0.1, -0.05) is 12.1 Å². The highest BCUT2D eigenvalue weighted by molar-refractivity contribution is 5.89. The minimum Gasteiger partial charge on any atom is -0.444 e. The van der Waals surface area contributed by atoms with E-state index in [4.69, 9.17) is 4.74 Å². The number of nitrogens with zero attached hydrogens (tertiary/aromatic N) is 4. The average Bonchev–Trinajstić information content (AvgIpc) is 2.60. The van der Waals surface area contributed by atoms with Crippen molar-refractivity contribution in [2.24, 2.45) is 5.92 Å². The summed E-state index contributed by atoms with van der Waals surface area (Å²) in [6.45, 7) is 8.28. The van der Waals surface area contributed by atoms with E-state index in [1.165, 1.54) is 0 Å². The molecule has 0 spiro atoms. The smallest absolute Gasteiger partial charge is 0.410 e. The Morgan fingerprint density at radius 3 is 2.62 bits per heavy atom. The van der Waals surface area contributed by atoms with Crippen molar-refractivity contribution in [3.8, 4) is 0 Å². The van der Waals surface area contributed by atoms with Gasteiger partial charge in [-0.25, -0.2) is 14.8 Å². The van der Waals surface area contributed by atoms with E-state index in [0.717, 1.165) is 49.2 Å². The fraction of sp³-hybridized carbons (Fsp3) is 0.550. The summed E-state index contributed by atoms with van der Waals surface area (Å²) < 4.78 is 5.44. The van der Waals surface area contributed by atoms with Gasteiger partial charge in [0.25, 0.3) is 0 Å². The molecule has 0 atom stereocenters. The van der Waals surface area contributed by atoms with Crippen molar-refractivity contribution in [1.29, 1.82) is 0 Å². The first-order valence-electron chi connectivity index (χ1n) is 9.22. The lowest BCUT2D eigenvalue weighted by Crippen LogP contribution is -2.41. The molecule has 140 valence electrons. The van der Waals surface area contributed by atoms with E-state index in [1.807, 2.05) is 46.0 Å². The fourth-order valence-corrected chi connectivity index (χ4v) is 3.37. The van der Waals surface area contributed by atoms with Gasteiger partial charge in [-0.05, 0) is 51.7 Å². The molecule has 1 aliphatic rings. The van der Waals surface area contributed by atoms with Gasteiger partial charge in [0, 0.05) is 32.1 Å². The zero-order chi connectivity index (χ0) is 18.7. The van der Waals surface area contributed by atoms with Gasteiger partial charge in [0.15, 0.2) is 0 Å². The summed E-state index contributed by atoms with van der Waals surface area (Å²) in [7, 11) is 1.82. The average molecular weight is 356 g/mol. The zero-order valence-electron chi connectivity index (χ0n) is 16.1. The molecule has 3 rings (SSSR count). The van der Waals surface area contributed by atoms with Crippen molar-refractivity contribution < 1.29 is 9.53 Å². The summed E-state index contributed by atoms with van der Waals surface area (Å²) in [6, 6.07) is 8.12. The molecule has 1 amide bonds. The van der Waals surface area contributed by atoms with Gasteiger partial charge >= 0.3 is 6.09 Å². The minimum atomic E-state index is -0.456. The van der Waals surface area contributed by atoms with Crippen molar-refractivity contribution in [2.75, 3.05) is 31.6 Å². The highest BCUT2D eigenvalue weighted by atomic mass is 16.6. The van der Waals surface area contributed by atoms with Gasteiger partial charge in [-0.2, -0.15) is 0 Å². The predicted molar refractivity (Wildman–Crippen MR) is 103 cm³/mol. The largest absolute Gasteiger partial charge is 0.444 e. The number of hydrogen-bond donors (Lipinski definition) is 0. The molecule has 2 heterocycles. The Morgan fingerprint density at radius 1 is 1.23 bits per heavy atom. The number of piperidine rings is 1. The molecule has 0 aliphatic carbocycles. The number of para-hydroxylation sites is 1. The van der Waals surface area contributed by atoms with Crippen LogP contribution in [0.25, 0.3) is 10.9 Å². The van der Waals surface area contributed by atoms with E-state index in [1.54, 1.807) is 11.2 Å². The molecular formula is C20H28N4O2. The maximum Gasteiger partial charge on any atom is 0.410 e. The Kier molecular flexibility index (Phi) is 5.30. The Hall–Kier alpha value is -2.37. The van der Waals surface area contributed by atoms with Crippen molar-refractivity contribution in [2.45, 2.75) is 39.2 Å². The fourth-order valence-electron chi connectivity index (χ4n) is 3.37. The van der Waals surface area contributed by atoms with Crippen LogP contribution in [0.2, 0.25) is 0 Å². The molecule has 1 aliphatic heterocycles. The molecule has 1 aromatic heterocycles. The molecule has 6 nitrogen and oxygen atoms in total. The van der Waals surface area contributed by atoms with Crippen molar-refractivity contribution >= 4 is 22.8 Å². The third-order valence-electron chi connectivity index (χ3n) is 4.67. The molecule has 1 saturated heterocycles. The van der Waals surface area contributed by atoms with Gasteiger partial charge in [-0.15, -0.1) is 0 Å². The molecular weight excluding hydrogens is 328 g/mol.